The molecule has 0 radical (unpaired) electrons. The molecule has 4 nitrogen and oxygen atoms in total. The van der Waals surface area contributed by atoms with E-state index in [4.69, 9.17) is 0 Å². The van der Waals surface area contributed by atoms with Gasteiger partial charge in [-0.15, -0.1) is 0 Å². The van der Waals surface area contributed by atoms with E-state index in [9.17, 15) is 14.7 Å². The van der Waals surface area contributed by atoms with Crippen LogP contribution in [0.2, 0.25) is 0 Å². The second-order valence-corrected chi connectivity index (χ2v) is 6.08. The van der Waals surface area contributed by atoms with E-state index in [-0.39, 0.29) is 17.2 Å². The number of carboxylic acid groups (broad SMARTS) is 1. The minimum absolute atomic E-state index is 0.0306. The van der Waals surface area contributed by atoms with E-state index in [0.29, 0.717) is 13.1 Å². The number of carboxylic acids is 1. The molecule has 0 bridgehead atoms. The van der Waals surface area contributed by atoms with E-state index in [0.717, 1.165) is 18.4 Å². The number of amides is 1. The number of carbonyl (C=O) groups excluding carboxylic acids is 1. The van der Waals surface area contributed by atoms with Crippen LogP contribution < -0.4 is 0 Å². The van der Waals surface area contributed by atoms with Crippen molar-refractivity contribution in [3.8, 4) is 0 Å². The molecule has 1 saturated carbocycles. The Morgan fingerprint density at radius 3 is 2.35 bits per heavy atom. The van der Waals surface area contributed by atoms with Gasteiger partial charge in [0.05, 0.1) is 11.3 Å². The number of hydrogen-bond donors (Lipinski definition) is 1. The van der Waals surface area contributed by atoms with Crippen LogP contribution in [0.15, 0.2) is 30.3 Å². The lowest BCUT2D eigenvalue weighted by atomic mass is 9.94. The molecular weight excluding hydrogens is 254 g/mol. The summed E-state index contributed by atoms with van der Waals surface area (Å²) in [6.07, 6.45) is 1.75. The van der Waals surface area contributed by atoms with Crippen molar-refractivity contribution >= 4 is 11.9 Å². The van der Waals surface area contributed by atoms with Gasteiger partial charge in [0.15, 0.2) is 0 Å². The minimum Gasteiger partial charge on any atom is -0.481 e. The third-order valence-electron chi connectivity index (χ3n) is 4.70. The molecule has 20 heavy (non-hydrogen) atoms. The van der Waals surface area contributed by atoms with Gasteiger partial charge >= 0.3 is 5.97 Å². The predicted molar refractivity (Wildman–Crippen MR) is 74.2 cm³/mol. The Hall–Kier alpha value is -1.84. The first kappa shape index (κ1) is 13.2. The number of rotatable bonds is 3. The highest BCUT2D eigenvalue weighted by molar-refractivity contribution is 5.92. The largest absolute Gasteiger partial charge is 0.481 e. The fourth-order valence-electron chi connectivity index (χ4n) is 3.26. The molecule has 1 aromatic rings. The van der Waals surface area contributed by atoms with Crippen molar-refractivity contribution in [1.82, 2.24) is 4.90 Å². The number of nitrogens with zero attached hydrogens (tertiary/aromatic N) is 1. The van der Waals surface area contributed by atoms with Crippen molar-refractivity contribution < 1.29 is 14.7 Å². The summed E-state index contributed by atoms with van der Waals surface area (Å²) in [4.78, 5) is 25.7. The van der Waals surface area contributed by atoms with E-state index >= 15 is 0 Å². The van der Waals surface area contributed by atoms with E-state index in [2.05, 4.69) is 0 Å². The molecule has 2 unspecified atom stereocenters. The Balaban J connectivity index is 1.79. The van der Waals surface area contributed by atoms with E-state index in [1.807, 2.05) is 37.3 Å². The molecule has 1 aromatic carbocycles. The standard InChI is InChI=1S/C16H19NO3/c1-11-9-17(10-13(11)14(18)19)15(20)16(7-8-16)12-5-3-2-4-6-12/h2-6,11,13H,7-10H2,1H3,(H,18,19). The molecular formula is C16H19NO3. The molecule has 0 spiro atoms. The Bertz CT molecular complexity index is 536. The van der Waals surface area contributed by atoms with Gasteiger partial charge < -0.3 is 10.0 Å². The van der Waals surface area contributed by atoms with E-state index in [1.54, 1.807) is 4.90 Å². The molecule has 1 amide bonds. The van der Waals surface area contributed by atoms with Gasteiger partial charge in [0, 0.05) is 13.1 Å². The van der Waals surface area contributed by atoms with Crippen molar-refractivity contribution in [3.63, 3.8) is 0 Å². The minimum atomic E-state index is -0.794. The van der Waals surface area contributed by atoms with Crippen LogP contribution >= 0.6 is 0 Å². The van der Waals surface area contributed by atoms with Gasteiger partial charge in [-0.3, -0.25) is 9.59 Å². The zero-order valence-electron chi connectivity index (χ0n) is 11.6. The van der Waals surface area contributed by atoms with Gasteiger partial charge in [-0.05, 0) is 24.3 Å². The summed E-state index contributed by atoms with van der Waals surface area (Å²) >= 11 is 0. The molecule has 1 aliphatic carbocycles. The van der Waals surface area contributed by atoms with E-state index in [1.165, 1.54) is 0 Å². The molecule has 4 heteroatoms. The summed E-state index contributed by atoms with van der Waals surface area (Å²) in [5.41, 5.74) is 0.686. The highest BCUT2D eigenvalue weighted by Crippen LogP contribution is 2.50. The fourth-order valence-corrected chi connectivity index (χ4v) is 3.26. The molecule has 0 aromatic heterocycles. The van der Waals surface area contributed by atoms with E-state index < -0.39 is 11.9 Å². The summed E-state index contributed by atoms with van der Waals surface area (Å²) < 4.78 is 0. The molecule has 106 valence electrons. The lowest BCUT2D eigenvalue weighted by Crippen LogP contribution is -2.38. The highest BCUT2D eigenvalue weighted by atomic mass is 16.4. The Labute approximate surface area is 118 Å². The molecule has 1 N–H and O–H groups in total. The first-order chi connectivity index (χ1) is 9.54. The topological polar surface area (TPSA) is 57.6 Å². The second kappa shape index (κ2) is 4.62. The lowest BCUT2D eigenvalue weighted by Gasteiger charge is -2.23. The van der Waals surface area contributed by atoms with Gasteiger partial charge in [0.1, 0.15) is 0 Å². The van der Waals surface area contributed by atoms with Crippen LogP contribution in [0.1, 0.15) is 25.3 Å². The van der Waals surface area contributed by atoms with Crippen LogP contribution in [0, 0.1) is 11.8 Å². The number of hydrogen-bond acceptors (Lipinski definition) is 2. The summed E-state index contributed by atoms with van der Waals surface area (Å²) in [7, 11) is 0. The summed E-state index contributed by atoms with van der Waals surface area (Å²) in [5.74, 6) is -1.08. The van der Waals surface area contributed by atoms with Crippen molar-refractivity contribution in [3.05, 3.63) is 35.9 Å². The highest BCUT2D eigenvalue weighted by Gasteiger charge is 2.54. The van der Waals surface area contributed by atoms with Crippen LogP contribution in [0.4, 0.5) is 0 Å². The van der Waals surface area contributed by atoms with Gasteiger partial charge in [0.2, 0.25) is 5.91 Å². The third-order valence-corrected chi connectivity index (χ3v) is 4.70. The SMILES string of the molecule is CC1CN(C(=O)C2(c3ccccc3)CC2)CC1C(=O)O. The predicted octanol–water partition coefficient (Wildman–Crippen LogP) is 1.90. The van der Waals surface area contributed by atoms with Crippen LogP contribution in [0.3, 0.4) is 0 Å². The molecule has 1 saturated heterocycles. The zero-order valence-corrected chi connectivity index (χ0v) is 11.6. The molecule has 1 aliphatic heterocycles. The second-order valence-electron chi connectivity index (χ2n) is 6.08. The molecule has 2 aliphatic rings. The average Bonchev–Trinajstić information content (AvgIpc) is 3.16. The summed E-state index contributed by atoms with van der Waals surface area (Å²) in [6.45, 7) is 2.82. The normalized spacial score (nSPS) is 27.4. The first-order valence-corrected chi connectivity index (χ1v) is 7.12. The quantitative estimate of drug-likeness (QED) is 0.915. The zero-order chi connectivity index (χ0) is 14.3. The number of benzene rings is 1. The fraction of sp³-hybridized carbons (Fsp3) is 0.500. The first-order valence-electron chi connectivity index (χ1n) is 7.12. The summed E-state index contributed by atoms with van der Waals surface area (Å²) in [5, 5.41) is 9.18. The maximum absolute atomic E-state index is 12.8. The summed E-state index contributed by atoms with van der Waals surface area (Å²) in [6, 6.07) is 9.85. The maximum atomic E-state index is 12.8. The van der Waals surface area contributed by atoms with Crippen LogP contribution in [0.5, 0.6) is 0 Å². The van der Waals surface area contributed by atoms with Gasteiger partial charge in [-0.2, -0.15) is 0 Å². The number of likely N-dealkylation sites (tertiary alicyclic amines) is 1. The Morgan fingerprint density at radius 1 is 1.20 bits per heavy atom. The van der Waals surface area contributed by atoms with Crippen molar-refractivity contribution in [2.45, 2.75) is 25.2 Å². The molecule has 1 heterocycles. The average molecular weight is 273 g/mol. The number of aliphatic carboxylic acids is 1. The monoisotopic (exact) mass is 273 g/mol. The molecule has 2 fully saturated rings. The van der Waals surface area contributed by atoms with Gasteiger partial charge in [0.25, 0.3) is 0 Å². The van der Waals surface area contributed by atoms with Crippen LogP contribution in [-0.4, -0.2) is 35.0 Å². The Morgan fingerprint density at radius 2 is 1.85 bits per heavy atom. The molecule has 2 atom stereocenters. The maximum Gasteiger partial charge on any atom is 0.308 e. The van der Waals surface area contributed by atoms with Crippen molar-refractivity contribution in [2.75, 3.05) is 13.1 Å². The Kier molecular flexibility index (Phi) is 3.04. The van der Waals surface area contributed by atoms with Crippen LogP contribution in [-0.2, 0) is 15.0 Å². The molecule has 3 rings (SSSR count). The van der Waals surface area contributed by atoms with Gasteiger partial charge in [-0.25, -0.2) is 0 Å². The lowest BCUT2D eigenvalue weighted by molar-refractivity contribution is -0.142. The smallest absolute Gasteiger partial charge is 0.308 e. The van der Waals surface area contributed by atoms with Gasteiger partial charge in [-0.1, -0.05) is 37.3 Å². The number of carbonyl (C=O) groups is 2. The van der Waals surface area contributed by atoms with Crippen molar-refractivity contribution in [1.29, 1.82) is 0 Å². The van der Waals surface area contributed by atoms with Crippen molar-refractivity contribution in [2.24, 2.45) is 11.8 Å². The third kappa shape index (κ3) is 1.99. The van der Waals surface area contributed by atoms with Crippen LogP contribution in [0.25, 0.3) is 0 Å².